The highest BCUT2D eigenvalue weighted by molar-refractivity contribution is 9.10. The van der Waals surface area contributed by atoms with Crippen LogP contribution >= 0.6 is 39.0 Å². The molecule has 0 fully saturated rings. The molecule has 0 aliphatic heterocycles. The van der Waals surface area contributed by atoms with Crippen LogP contribution in [0.5, 0.6) is 0 Å². The molecular formula is C23H25BrN4O4S2. The third-order valence-electron chi connectivity index (χ3n) is 5.31. The second-order valence-corrected chi connectivity index (χ2v) is 10.5. The summed E-state index contributed by atoms with van der Waals surface area (Å²) >= 11 is 6.05. The van der Waals surface area contributed by atoms with Gasteiger partial charge in [-0.2, -0.15) is 0 Å². The lowest BCUT2D eigenvalue weighted by Crippen LogP contribution is -2.17. The molecule has 4 rings (SSSR count). The van der Waals surface area contributed by atoms with E-state index in [4.69, 9.17) is 9.15 Å². The van der Waals surface area contributed by atoms with Crippen molar-refractivity contribution < 1.29 is 18.7 Å². The minimum atomic E-state index is -0.371. The number of fused-ring (bicyclic) bond motifs is 1. The highest BCUT2D eigenvalue weighted by Crippen LogP contribution is 2.38. The summed E-state index contributed by atoms with van der Waals surface area (Å²) in [5.74, 6) is 0.645. The zero-order valence-electron chi connectivity index (χ0n) is 18.8. The van der Waals surface area contributed by atoms with Gasteiger partial charge in [0.05, 0.1) is 17.9 Å². The fourth-order valence-electron chi connectivity index (χ4n) is 3.85. The third kappa shape index (κ3) is 5.47. The fraction of sp³-hybridized carbons (Fsp3) is 0.391. The number of hydrogen-bond donors (Lipinski definition) is 1. The number of carbonyl (C=O) groups is 2. The molecular weight excluding hydrogens is 540 g/mol. The first-order valence-electron chi connectivity index (χ1n) is 11.1. The summed E-state index contributed by atoms with van der Waals surface area (Å²) in [5, 5.41) is 12.6. The molecule has 8 nitrogen and oxygen atoms in total. The molecule has 0 atom stereocenters. The summed E-state index contributed by atoms with van der Waals surface area (Å²) in [6, 6.07) is 3.58. The predicted molar refractivity (Wildman–Crippen MR) is 137 cm³/mol. The first-order valence-corrected chi connectivity index (χ1v) is 13.7. The molecule has 3 heterocycles. The summed E-state index contributed by atoms with van der Waals surface area (Å²) in [5.41, 5.74) is 1.55. The lowest BCUT2D eigenvalue weighted by molar-refractivity contribution is -0.113. The Balaban J connectivity index is 1.50. The smallest absolute Gasteiger partial charge is 0.341 e. The quantitative estimate of drug-likeness (QED) is 0.153. The molecule has 0 unspecified atom stereocenters. The molecule has 0 saturated carbocycles. The third-order valence-corrected chi connectivity index (χ3v) is 7.91. The number of amides is 1. The maximum Gasteiger partial charge on any atom is 0.341 e. The van der Waals surface area contributed by atoms with Crippen LogP contribution < -0.4 is 5.32 Å². The summed E-state index contributed by atoms with van der Waals surface area (Å²) < 4.78 is 13.3. The zero-order chi connectivity index (χ0) is 24.1. The Morgan fingerprint density at radius 3 is 2.88 bits per heavy atom. The van der Waals surface area contributed by atoms with Crippen molar-refractivity contribution in [1.82, 2.24) is 14.8 Å². The molecule has 1 amide bonds. The number of carbonyl (C=O) groups excluding carboxylic acids is 2. The van der Waals surface area contributed by atoms with Gasteiger partial charge in [0.25, 0.3) is 0 Å². The number of aromatic nitrogens is 3. The van der Waals surface area contributed by atoms with E-state index >= 15 is 0 Å². The number of aryl methyl sites for hydroxylation is 1. The molecule has 1 N–H and O–H groups in total. The number of allylic oxidation sites excluding steroid dienone is 1. The van der Waals surface area contributed by atoms with E-state index in [0.717, 1.165) is 37.7 Å². The lowest BCUT2D eigenvalue weighted by Gasteiger charge is -2.09. The normalized spacial score (nSPS) is 13.2. The van der Waals surface area contributed by atoms with Gasteiger partial charge in [-0.25, -0.2) is 4.79 Å². The molecule has 180 valence electrons. The molecule has 1 aliphatic rings. The van der Waals surface area contributed by atoms with E-state index in [1.165, 1.54) is 28.0 Å². The van der Waals surface area contributed by atoms with Crippen LogP contribution in [0.3, 0.4) is 0 Å². The van der Waals surface area contributed by atoms with E-state index in [1.807, 2.05) is 4.57 Å². The van der Waals surface area contributed by atoms with Gasteiger partial charge in [-0.15, -0.1) is 28.1 Å². The van der Waals surface area contributed by atoms with Crippen molar-refractivity contribution in [3.05, 3.63) is 45.5 Å². The standard InChI is InChI=1S/C23H25BrN4O4S2/c1-3-12-28-20(15-10-11-17(24)32-15)26-27-23(28)33-13-18(29)25-21-19(22(30)31-4-2)14-8-6-5-7-9-16(14)34-21/h3,10-11H,1,4-9,12-13H2,2H3,(H,25,29). The van der Waals surface area contributed by atoms with Crippen molar-refractivity contribution in [2.24, 2.45) is 0 Å². The monoisotopic (exact) mass is 564 g/mol. The van der Waals surface area contributed by atoms with Crippen LogP contribution in [0, 0.1) is 0 Å². The van der Waals surface area contributed by atoms with Gasteiger partial charge in [-0.3, -0.25) is 9.36 Å². The van der Waals surface area contributed by atoms with Crippen molar-refractivity contribution in [3.63, 3.8) is 0 Å². The van der Waals surface area contributed by atoms with Gasteiger partial charge < -0.3 is 14.5 Å². The molecule has 3 aromatic rings. The van der Waals surface area contributed by atoms with Crippen LogP contribution in [0.4, 0.5) is 5.00 Å². The van der Waals surface area contributed by atoms with Crippen LogP contribution in [-0.2, 0) is 28.9 Å². The van der Waals surface area contributed by atoms with Gasteiger partial charge in [0.2, 0.25) is 11.7 Å². The van der Waals surface area contributed by atoms with Gasteiger partial charge in [0.15, 0.2) is 15.6 Å². The minimum Gasteiger partial charge on any atom is -0.462 e. The molecule has 0 aromatic carbocycles. The summed E-state index contributed by atoms with van der Waals surface area (Å²) in [4.78, 5) is 26.8. The van der Waals surface area contributed by atoms with Gasteiger partial charge in [-0.1, -0.05) is 24.3 Å². The van der Waals surface area contributed by atoms with Crippen molar-refractivity contribution >= 4 is 55.9 Å². The molecule has 0 radical (unpaired) electrons. The molecule has 1 aliphatic carbocycles. The number of thioether (sulfide) groups is 1. The first kappa shape index (κ1) is 24.7. The van der Waals surface area contributed by atoms with Gasteiger partial charge >= 0.3 is 5.97 Å². The Morgan fingerprint density at radius 1 is 1.32 bits per heavy atom. The van der Waals surface area contributed by atoms with E-state index in [-0.39, 0.29) is 17.6 Å². The molecule has 0 spiro atoms. The Hall–Kier alpha value is -2.37. The number of thiophene rings is 1. The Bertz CT molecular complexity index is 1200. The second-order valence-electron chi connectivity index (χ2n) is 7.64. The average Bonchev–Trinajstić information content (AvgIpc) is 3.45. The average molecular weight is 566 g/mol. The topological polar surface area (TPSA) is 99.2 Å². The minimum absolute atomic E-state index is 0.113. The Labute approximate surface area is 214 Å². The second kappa shape index (κ2) is 11.4. The van der Waals surface area contributed by atoms with E-state index in [2.05, 4.69) is 38.0 Å². The summed E-state index contributed by atoms with van der Waals surface area (Å²) in [6.45, 7) is 6.34. The van der Waals surface area contributed by atoms with Crippen molar-refractivity contribution in [2.75, 3.05) is 17.7 Å². The molecule has 0 bridgehead atoms. The number of anilines is 1. The maximum atomic E-state index is 12.9. The number of rotatable bonds is 9. The number of hydrogen-bond acceptors (Lipinski definition) is 8. The molecule has 34 heavy (non-hydrogen) atoms. The van der Waals surface area contributed by atoms with E-state index in [0.29, 0.717) is 45.1 Å². The van der Waals surface area contributed by atoms with Crippen molar-refractivity contribution in [3.8, 4) is 11.6 Å². The van der Waals surface area contributed by atoms with Crippen molar-refractivity contribution in [1.29, 1.82) is 0 Å². The summed E-state index contributed by atoms with van der Waals surface area (Å²) in [6.07, 6.45) is 6.76. The van der Waals surface area contributed by atoms with Crippen LogP contribution in [0.15, 0.2) is 39.0 Å². The SMILES string of the molecule is C=CCn1c(SCC(=O)Nc2sc3c(c2C(=O)OCC)CCCCC3)nnc1-c1ccc(Br)o1. The fourth-order valence-corrected chi connectivity index (χ4v) is 6.20. The molecule has 0 saturated heterocycles. The van der Waals surface area contributed by atoms with Crippen LogP contribution in [-0.4, -0.2) is 39.0 Å². The Morgan fingerprint density at radius 2 is 2.15 bits per heavy atom. The number of ether oxygens (including phenoxy) is 1. The number of halogens is 1. The molecule has 3 aromatic heterocycles. The zero-order valence-corrected chi connectivity index (χ0v) is 22.0. The van der Waals surface area contributed by atoms with Crippen LogP contribution in [0.1, 0.15) is 47.0 Å². The molecule has 11 heteroatoms. The van der Waals surface area contributed by atoms with E-state index in [1.54, 1.807) is 25.1 Å². The van der Waals surface area contributed by atoms with Crippen LogP contribution in [0.25, 0.3) is 11.6 Å². The number of esters is 1. The highest BCUT2D eigenvalue weighted by atomic mass is 79.9. The maximum absolute atomic E-state index is 12.9. The largest absolute Gasteiger partial charge is 0.462 e. The number of nitrogens with one attached hydrogen (secondary N) is 1. The highest BCUT2D eigenvalue weighted by Gasteiger charge is 2.27. The predicted octanol–water partition coefficient (Wildman–Crippen LogP) is 5.72. The first-order chi connectivity index (χ1) is 16.5. The van der Waals surface area contributed by atoms with Gasteiger partial charge in [0.1, 0.15) is 5.00 Å². The van der Waals surface area contributed by atoms with E-state index < -0.39 is 0 Å². The summed E-state index contributed by atoms with van der Waals surface area (Å²) in [7, 11) is 0. The van der Waals surface area contributed by atoms with Gasteiger partial charge in [-0.05, 0) is 66.2 Å². The van der Waals surface area contributed by atoms with E-state index in [9.17, 15) is 9.59 Å². The van der Waals surface area contributed by atoms with Crippen molar-refractivity contribution in [2.45, 2.75) is 50.7 Å². The number of nitrogens with zero attached hydrogens (tertiary/aromatic N) is 3. The number of furan rings is 1. The lowest BCUT2D eigenvalue weighted by atomic mass is 10.1. The Kier molecular flexibility index (Phi) is 8.28. The van der Waals surface area contributed by atoms with Crippen LogP contribution in [0.2, 0.25) is 0 Å². The van der Waals surface area contributed by atoms with Gasteiger partial charge in [0, 0.05) is 11.4 Å².